The van der Waals surface area contributed by atoms with Gasteiger partial charge in [0.05, 0.1) is 22.1 Å². The Morgan fingerprint density at radius 2 is 1.04 bits per heavy atom. The number of hydrogen-bond acceptors (Lipinski definition) is 3. The van der Waals surface area contributed by atoms with E-state index in [0.717, 1.165) is 83.3 Å². The lowest BCUT2D eigenvalue weighted by Gasteiger charge is -2.27. The second kappa shape index (κ2) is 11.2. The molecule has 0 radical (unpaired) electrons. The Balaban J connectivity index is 1.15. The number of para-hydroxylation sites is 5. The van der Waals surface area contributed by atoms with Crippen LogP contribution in [0.1, 0.15) is 0 Å². The van der Waals surface area contributed by atoms with Crippen molar-refractivity contribution >= 4 is 82.7 Å². The summed E-state index contributed by atoms with van der Waals surface area (Å²) in [6.07, 6.45) is 0. The maximum Gasteiger partial charge on any atom is 0.143 e. The van der Waals surface area contributed by atoms with Gasteiger partial charge >= 0.3 is 0 Å². The van der Waals surface area contributed by atoms with E-state index in [9.17, 15) is 0 Å². The lowest BCUT2D eigenvalue weighted by Crippen LogP contribution is -2.10. The van der Waals surface area contributed by atoms with Gasteiger partial charge in [-0.1, -0.05) is 115 Å². The molecule has 0 unspecified atom stereocenters. The van der Waals surface area contributed by atoms with Gasteiger partial charge in [-0.3, -0.25) is 0 Å². The Hall–Kier alpha value is -7.04. The first-order valence-electron chi connectivity index (χ1n) is 17.6. The highest BCUT2D eigenvalue weighted by molar-refractivity contribution is 6.15. The third kappa shape index (κ3) is 4.28. The molecule has 11 rings (SSSR count). The lowest BCUT2D eigenvalue weighted by molar-refractivity contribution is 0.669. The number of nitrogens with zero attached hydrogens (tertiary/aromatic N) is 2. The average molecular weight is 667 g/mol. The van der Waals surface area contributed by atoms with Gasteiger partial charge in [-0.25, -0.2) is 0 Å². The molecule has 3 aromatic heterocycles. The molecule has 0 spiro atoms. The summed E-state index contributed by atoms with van der Waals surface area (Å²) in [5.74, 6) is 0. The minimum Gasteiger partial charge on any atom is -0.456 e. The van der Waals surface area contributed by atoms with E-state index in [1.165, 1.54) is 16.3 Å². The molecular formula is C48H30N2O2. The highest BCUT2D eigenvalue weighted by Gasteiger charge is 2.22. The Labute approximate surface area is 299 Å². The van der Waals surface area contributed by atoms with Crippen LogP contribution < -0.4 is 4.90 Å². The first-order chi connectivity index (χ1) is 25.8. The minimum absolute atomic E-state index is 0.858. The number of hydrogen-bond donors (Lipinski definition) is 0. The molecule has 0 amide bonds. The van der Waals surface area contributed by atoms with Crippen LogP contribution in [0.4, 0.5) is 17.1 Å². The molecule has 0 atom stereocenters. The third-order valence-corrected chi connectivity index (χ3v) is 10.4. The van der Waals surface area contributed by atoms with Gasteiger partial charge in [0.2, 0.25) is 0 Å². The molecule has 4 nitrogen and oxygen atoms in total. The van der Waals surface area contributed by atoms with Crippen molar-refractivity contribution in [2.24, 2.45) is 0 Å². The number of benzene rings is 8. The van der Waals surface area contributed by atoms with Gasteiger partial charge in [-0.2, -0.15) is 0 Å². The van der Waals surface area contributed by atoms with Crippen LogP contribution in [0.15, 0.2) is 191 Å². The van der Waals surface area contributed by atoms with Crippen LogP contribution in [0.2, 0.25) is 0 Å². The predicted octanol–water partition coefficient (Wildman–Crippen LogP) is 13.7. The Morgan fingerprint density at radius 1 is 0.404 bits per heavy atom. The van der Waals surface area contributed by atoms with Gasteiger partial charge in [-0.15, -0.1) is 0 Å². The molecule has 0 fully saturated rings. The fourth-order valence-corrected chi connectivity index (χ4v) is 8.09. The van der Waals surface area contributed by atoms with E-state index in [0.29, 0.717) is 0 Å². The summed E-state index contributed by atoms with van der Waals surface area (Å²) in [6.45, 7) is 0. The smallest absolute Gasteiger partial charge is 0.143 e. The molecule has 52 heavy (non-hydrogen) atoms. The summed E-state index contributed by atoms with van der Waals surface area (Å²) >= 11 is 0. The number of aromatic nitrogens is 1. The monoisotopic (exact) mass is 666 g/mol. The summed E-state index contributed by atoms with van der Waals surface area (Å²) in [5, 5.41) is 6.87. The molecule has 8 aromatic carbocycles. The van der Waals surface area contributed by atoms with Gasteiger partial charge in [-0.05, 0) is 72.3 Å². The van der Waals surface area contributed by atoms with E-state index in [-0.39, 0.29) is 0 Å². The van der Waals surface area contributed by atoms with E-state index in [1.807, 2.05) is 24.3 Å². The zero-order valence-corrected chi connectivity index (χ0v) is 28.0. The molecule has 0 N–H and O–H groups in total. The van der Waals surface area contributed by atoms with Gasteiger partial charge in [0.1, 0.15) is 22.3 Å². The summed E-state index contributed by atoms with van der Waals surface area (Å²) < 4.78 is 15.2. The standard InChI is InChI=1S/C48H30N2O2/c1-2-12-32(13-3-1)50-41-19-7-4-14-36(41)37-29-28-34(30-43(37)50)49(42-20-11-23-46-47(42)40-16-6-9-22-45(40)51-46)33-26-24-31(25-27-33)35-17-10-18-39-38-15-5-8-21-44(38)52-48(35)39/h1-30H. The molecule has 0 saturated carbocycles. The van der Waals surface area contributed by atoms with Crippen LogP contribution in [-0.4, -0.2) is 4.57 Å². The van der Waals surface area contributed by atoms with Gasteiger partial charge in [0.15, 0.2) is 0 Å². The van der Waals surface area contributed by atoms with Crippen LogP contribution in [0.3, 0.4) is 0 Å². The van der Waals surface area contributed by atoms with E-state index in [2.05, 4.69) is 167 Å². The molecule has 0 saturated heterocycles. The topological polar surface area (TPSA) is 34.5 Å². The van der Waals surface area contributed by atoms with Crippen molar-refractivity contribution in [1.29, 1.82) is 0 Å². The number of fused-ring (bicyclic) bond motifs is 9. The van der Waals surface area contributed by atoms with Crippen molar-refractivity contribution < 1.29 is 8.83 Å². The lowest BCUT2D eigenvalue weighted by atomic mass is 10.0. The fraction of sp³-hybridized carbons (Fsp3) is 0. The van der Waals surface area contributed by atoms with Crippen molar-refractivity contribution in [2.45, 2.75) is 0 Å². The van der Waals surface area contributed by atoms with Gasteiger partial charge in [0, 0.05) is 49.6 Å². The third-order valence-electron chi connectivity index (χ3n) is 10.4. The molecule has 0 aliphatic heterocycles. The van der Waals surface area contributed by atoms with E-state index < -0.39 is 0 Å². The molecule has 0 aliphatic carbocycles. The summed E-state index contributed by atoms with van der Waals surface area (Å²) in [5.41, 5.74) is 12.3. The quantitative estimate of drug-likeness (QED) is 0.183. The van der Waals surface area contributed by atoms with Gasteiger partial charge in [0.25, 0.3) is 0 Å². The zero-order chi connectivity index (χ0) is 34.2. The highest BCUT2D eigenvalue weighted by Crippen LogP contribution is 2.45. The van der Waals surface area contributed by atoms with Crippen LogP contribution >= 0.6 is 0 Å². The molecule has 11 aromatic rings. The SMILES string of the molecule is c1ccc(-n2c3ccccc3c3ccc(N(c4ccc(-c5cccc6c5oc5ccccc56)cc4)c4cccc5oc6ccccc6c45)cc32)cc1. The molecule has 4 heteroatoms. The van der Waals surface area contributed by atoms with Crippen LogP contribution in [-0.2, 0) is 0 Å². The van der Waals surface area contributed by atoms with E-state index in [1.54, 1.807) is 0 Å². The average Bonchev–Trinajstić information content (AvgIpc) is 3.88. The minimum atomic E-state index is 0.858. The zero-order valence-electron chi connectivity index (χ0n) is 28.0. The van der Waals surface area contributed by atoms with Crippen LogP contribution in [0.5, 0.6) is 0 Å². The van der Waals surface area contributed by atoms with Crippen molar-refractivity contribution in [2.75, 3.05) is 4.90 Å². The second-order valence-corrected chi connectivity index (χ2v) is 13.3. The first kappa shape index (κ1) is 28.8. The van der Waals surface area contributed by atoms with Crippen molar-refractivity contribution in [1.82, 2.24) is 4.57 Å². The second-order valence-electron chi connectivity index (χ2n) is 13.3. The van der Waals surface area contributed by atoms with Gasteiger partial charge < -0.3 is 18.3 Å². The normalized spacial score (nSPS) is 11.8. The van der Waals surface area contributed by atoms with Crippen LogP contribution in [0, 0.1) is 0 Å². The van der Waals surface area contributed by atoms with Crippen LogP contribution in [0.25, 0.3) is 82.5 Å². The maximum absolute atomic E-state index is 6.42. The summed E-state index contributed by atoms with van der Waals surface area (Å²) in [7, 11) is 0. The summed E-state index contributed by atoms with van der Waals surface area (Å²) in [4.78, 5) is 2.36. The number of rotatable bonds is 5. The number of anilines is 3. The number of furan rings is 2. The summed E-state index contributed by atoms with van der Waals surface area (Å²) in [6, 6.07) is 64.3. The molecule has 244 valence electrons. The molecule has 0 bridgehead atoms. The molecule has 0 aliphatic rings. The van der Waals surface area contributed by atoms with Crippen molar-refractivity contribution in [3.8, 4) is 16.8 Å². The predicted molar refractivity (Wildman–Crippen MR) is 215 cm³/mol. The van der Waals surface area contributed by atoms with E-state index >= 15 is 0 Å². The van der Waals surface area contributed by atoms with Crippen molar-refractivity contribution in [3.63, 3.8) is 0 Å². The Morgan fingerprint density at radius 3 is 1.88 bits per heavy atom. The van der Waals surface area contributed by atoms with E-state index in [4.69, 9.17) is 8.83 Å². The highest BCUT2D eigenvalue weighted by atomic mass is 16.3. The first-order valence-corrected chi connectivity index (χ1v) is 17.6. The molecule has 3 heterocycles. The Kier molecular flexibility index (Phi) is 6.22. The van der Waals surface area contributed by atoms with Crippen molar-refractivity contribution in [3.05, 3.63) is 182 Å². The molecular weight excluding hydrogens is 637 g/mol. The maximum atomic E-state index is 6.42. The largest absolute Gasteiger partial charge is 0.456 e. The Bertz CT molecular complexity index is 3130. The fourth-order valence-electron chi connectivity index (χ4n) is 8.09.